The lowest BCUT2D eigenvalue weighted by atomic mass is 10.1. The van der Waals surface area contributed by atoms with Crippen LogP contribution in [0.1, 0.15) is 6.42 Å². The third kappa shape index (κ3) is 3.63. The van der Waals surface area contributed by atoms with E-state index in [-0.39, 0.29) is 12.5 Å². The van der Waals surface area contributed by atoms with Crippen LogP contribution in [-0.2, 0) is 10.0 Å². The number of rotatable bonds is 5. The van der Waals surface area contributed by atoms with Crippen LogP contribution in [0.5, 0.6) is 0 Å². The van der Waals surface area contributed by atoms with E-state index in [4.69, 9.17) is 5.73 Å². The van der Waals surface area contributed by atoms with Crippen LogP contribution in [0.25, 0.3) is 0 Å². The summed E-state index contributed by atoms with van der Waals surface area (Å²) in [5.74, 6) is 0.795. The van der Waals surface area contributed by atoms with Gasteiger partial charge in [0.1, 0.15) is 4.90 Å². The molecule has 0 saturated carbocycles. The zero-order chi connectivity index (χ0) is 15.6. The van der Waals surface area contributed by atoms with E-state index in [1.165, 1.54) is 0 Å². The van der Waals surface area contributed by atoms with Crippen molar-refractivity contribution in [1.82, 2.24) is 4.72 Å². The van der Waals surface area contributed by atoms with E-state index in [2.05, 4.69) is 4.72 Å². The third-order valence-electron chi connectivity index (χ3n) is 3.12. The first-order valence-corrected chi connectivity index (χ1v) is 8.76. The van der Waals surface area contributed by atoms with Gasteiger partial charge < -0.3 is 5.73 Å². The summed E-state index contributed by atoms with van der Waals surface area (Å²) in [5, 5.41) is 10.6. The Labute approximate surface area is 125 Å². The van der Waals surface area contributed by atoms with Crippen LogP contribution in [0.15, 0.2) is 17.0 Å². The number of hydrogen-bond donors (Lipinski definition) is 2. The smallest absolute Gasteiger partial charge is 0.274 e. The van der Waals surface area contributed by atoms with Gasteiger partial charge in [-0.3, -0.25) is 10.1 Å². The fraction of sp³-hybridized carbons (Fsp3) is 0.455. The van der Waals surface area contributed by atoms with Gasteiger partial charge in [0, 0.05) is 12.6 Å². The maximum atomic E-state index is 13.9. The Morgan fingerprint density at radius 3 is 2.76 bits per heavy atom. The van der Waals surface area contributed by atoms with Crippen LogP contribution in [0.3, 0.4) is 0 Å². The molecule has 0 radical (unpaired) electrons. The highest BCUT2D eigenvalue weighted by atomic mass is 32.2. The number of anilines is 1. The van der Waals surface area contributed by atoms with Gasteiger partial charge in [0.2, 0.25) is 10.0 Å². The molecule has 1 aliphatic heterocycles. The molecule has 0 bridgehead atoms. The molecular weight excluding hydrogens is 321 g/mol. The lowest BCUT2D eigenvalue weighted by Crippen LogP contribution is -2.30. The Bertz CT molecular complexity index is 636. The monoisotopic (exact) mass is 335 g/mol. The van der Waals surface area contributed by atoms with Crippen LogP contribution in [0.2, 0.25) is 0 Å². The average Bonchev–Trinajstić information content (AvgIpc) is 2.88. The molecule has 1 aromatic rings. The normalized spacial score (nSPS) is 18.8. The zero-order valence-electron chi connectivity index (χ0n) is 10.9. The van der Waals surface area contributed by atoms with E-state index < -0.39 is 37.0 Å². The van der Waals surface area contributed by atoms with Gasteiger partial charge in [-0.05, 0) is 23.8 Å². The van der Waals surface area contributed by atoms with Crippen molar-refractivity contribution in [3.63, 3.8) is 0 Å². The molecule has 116 valence electrons. The number of nitro benzene ring substituents is 1. The lowest BCUT2D eigenvalue weighted by Gasteiger charge is -2.12. The van der Waals surface area contributed by atoms with Gasteiger partial charge in [-0.1, -0.05) is 0 Å². The maximum absolute atomic E-state index is 13.9. The molecule has 1 heterocycles. The Kier molecular flexibility index (Phi) is 4.69. The molecule has 0 aliphatic carbocycles. The fourth-order valence-corrected chi connectivity index (χ4v) is 4.60. The average molecular weight is 335 g/mol. The largest absolute Gasteiger partial charge is 0.397 e. The first-order chi connectivity index (χ1) is 9.81. The number of sulfonamides is 1. The van der Waals surface area contributed by atoms with Crippen LogP contribution in [0.4, 0.5) is 15.8 Å². The standard InChI is InChI=1S/C11H14FN3O4S2/c12-9-3-8(15(16)17)4-10(13)11(9)21(18,19)14-5-7-1-2-20-6-7/h3-4,7,14H,1-2,5-6,13H2. The number of nitrogens with zero attached hydrogens (tertiary/aromatic N) is 1. The Morgan fingerprint density at radius 1 is 1.52 bits per heavy atom. The molecule has 10 heteroatoms. The molecule has 1 atom stereocenters. The molecule has 1 fully saturated rings. The molecule has 2 rings (SSSR count). The quantitative estimate of drug-likeness (QED) is 0.477. The SMILES string of the molecule is Nc1cc([N+](=O)[O-])cc(F)c1S(=O)(=O)NCC1CCSC1. The van der Waals surface area contributed by atoms with Crippen molar-refractivity contribution in [2.45, 2.75) is 11.3 Å². The summed E-state index contributed by atoms with van der Waals surface area (Å²) in [6.07, 6.45) is 0.894. The topological polar surface area (TPSA) is 115 Å². The summed E-state index contributed by atoms with van der Waals surface area (Å²) in [4.78, 5) is 9.01. The minimum atomic E-state index is -4.13. The number of hydrogen-bond acceptors (Lipinski definition) is 6. The number of benzene rings is 1. The van der Waals surface area contributed by atoms with Crippen molar-refractivity contribution in [2.24, 2.45) is 5.92 Å². The number of nitrogens with two attached hydrogens (primary N) is 1. The van der Waals surface area contributed by atoms with E-state index in [1.807, 2.05) is 0 Å². The van der Waals surface area contributed by atoms with Crippen molar-refractivity contribution in [1.29, 1.82) is 0 Å². The predicted octanol–water partition coefficient (Wildman–Crippen LogP) is 1.35. The molecule has 3 N–H and O–H groups in total. The molecule has 21 heavy (non-hydrogen) atoms. The second kappa shape index (κ2) is 6.16. The molecule has 1 aromatic carbocycles. The number of nitrogens with one attached hydrogen (secondary N) is 1. The molecule has 0 spiro atoms. The van der Waals surface area contributed by atoms with Gasteiger partial charge in [-0.15, -0.1) is 0 Å². The Morgan fingerprint density at radius 2 is 2.24 bits per heavy atom. The number of halogens is 1. The number of thioether (sulfide) groups is 1. The summed E-state index contributed by atoms with van der Waals surface area (Å²) in [7, 11) is -4.13. The first-order valence-electron chi connectivity index (χ1n) is 6.12. The van der Waals surface area contributed by atoms with Gasteiger partial charge in [0.25, 0.3) is 5.69 Å². The van der Waals surface area contributed by atoms with Gasteiger partial charge in [0.05, 0.1) is 16.7 Å². The van der Waals surface area contributed by atoms with Crippen LogP contribution in [-0.4, -0.2) is 31.4 Å². The first kappa shape index (κ1) is 16.0. The maximum Gasteiger partial charge on any atom is 0.274 e. The second-order valence-electron chi connectivity index (χ2n) is 4.68. The highest BCUT2D eigenvalue weighted by molar-refractivity contribution is 7.99. The van der Waals surface area contributed by atoms with Gasteiger partial charge in [-0.25, -0.2) is 17.5 Å². The van der Waals surface area contributed by atoms with E-state index in [9.17, 15) is 22.9 Å². The van der Waals surface area contributed by atoms with Crippen molar-refractivity contribution in [3.05, 3.63) is 28.1 Å². The Hall–Kier alpha value is -1.39. The van der Waals surface area contributed by atoms with Crippen molar-refractivity contribution in [2.75, 3.05) is 23.8 Å². The second-order valence-corrected chi connectivity index (χ2v) is 7.54. The molecular formula is C11H14FN3O4S2. The van der Waals surface area contributed by atoms with Gasteiger partial charge >= 0.3 is 0 Å². The molecule has 7 nitrogen and oxygen atoms in total. The summed E-state index contributed by atoms with van der Waals surface area (Å²) in [5.41, 5.74) is 4.40. The van der Waals surface area contributed by atoms with Crippen LogP contribution in [0, 0.1) is 21.8 Å². The minimum Gasteiger partial charge on any atom is -0.397 e. The predicted molar refractivity (Wildman–Crippen MR) is 78.1 cm³/mol. The van der Waals surface area contributed by atoms with Crippen molar-refractivity contribution < 1.29 is 17.7 Å². The van der Waals surface area contributed by atoms with E-state index in [1.54, 1.807) is 11.8 Å². The van der Waals surface area contributed by atoms with Gasteiger partial charge in [0.15, 0.2) is 5.82 Å². The molecule has 0 amide bonds. The Balaban J connectivity index is 2.24. The van der Waals surface area contributed by atoms with Crippen LogP contribution < -0.4 is 10.5 Å². The number of nitrogen functional groups attached to an aromatic ring is 1. The van der Waals surface area contributed by atoms with Crippen molar-refractivity contribution in [3.8, 4) is 0 Å². The third-order valence-corrected chi connectivity index (χ3v) is 5.87. The summed E-state index contributed by atoms with van der Waals surface area (Å²) in [6, 6.07) is 1.39. The molecule has 0 aromatic heterocycles. The zero-order valence-corrected chi connectivity index (χ0v) is 12.5. The fourth-order valence-electron chi connectivity index (χ4n) is 2.03. The van der Waals surface area contributed by atoms with Gasteiger partial charge in [-0.2, -0.15) is 11.8 Å². The minimum absolute atomic E-state index is 0.200. The highest BCUT2D eigenvalue weighted by Gasteiger charge is 2.27. The lowest BCUT2D eigenvalue weighted by molar-refractivity contribution is -0.385. The van der Waals surface area contributed by atoms with Crippen LogP contribution >= 0.6 is 11.8 Å². The summed E-state index contributed by atoms with van der Waals surface area (Å²) < 4.78 is 40.4. The molecule has 1 unspecified atom stereocenters. The van der Waals surface area contributed by atoms with E-state index >= 15 is 0 Å². The highest BCUT2D eigenvalue weighted by Crippen LogP contribution is 2.28. The number of non-ortho nitro benzene ring substituents is 1. The number of nitro groups is 1. The van der Waals surface area contributed by atoms with E-state index in [0.29, 0.717) is 6.07 Å². The summed E-state index contributed by atoms with van der Waals surface area (Å²) in [6.45, 7) is 0.200. The van der Waals surface area contributed by atoms with E-state index in [0.717, 1.165) is 24.0 Å². The summed E-state index contributed by atoms with van der Waals surface area (Å²) >= 11 is 1.73. The molecule has 1 saturated heterocycles. The van der Waals surface area contributed by atoms with Crippen molar-refractivity contribution >= 4 is 33.2 Å². The molecule has 1 aliphatic rings.